The molecule has 0 aliphatic rings. The molecule has 0 atom stereocenters. The van der Waals surface area contributed by atoms with E-state index >= 15 is 0 Å². The number of aromatic nitrogens is 2. The summed E-state index contributed by atoms with van der Waals surface area (Å²) in [6, 6.07) is 7.05. The zero-order valence-corrected chi connectivity index (χ0v) is 9.63. The van der Waals surface area contributed by atoms with E-state index in [1.807, 2.05) is 29.7 Å². The van der Waals surface area contributed by atoms with Gasteiger partial charge in [0.2, 0.25) is 5.43 Å². The van der Waals surface area contributed by atoms with E-state index in [-0.39, 0.29) is 11.2 Å². The smallest absolute Gasteiger partial charge is 0.223 e. The van der Waals surface area contributed by atoms with Crippen LogP contribution in [0.4, 0.5) is 0 Å². The fourth-order valence-electron chi connectivity index (χ4n) is 1.79. The average molecular weight is 230 g/mol. The third-order valence-electron chi connectivity index (χ3n) is 2.65. The van der Waals surface area contributed by atoms with Crippen LogP contribution in [0.2, 0.25) is 0 Å². The summed E-state index contributed by atoms with van der Waals surface area (Å²) in [6.07, 6.45) is 4.02. The molecule has 2 heterocycles. The normalized spacial score (nSPS) is 10.4. The molecule has 0 aliphatic carbocycles. The Hall–Kier alpha value is -2.10. The Balaban J connectivity index is 2.40. The first-order valence-corrected chi connectivity index (χ1v) is 5.53. The largest absolute Gasteiger partial charge is 0.503 e. The predicted octanol–water partition coefficient (Wildman–Crippen LogP) is 1.56. The minimum absolute atomic E-state index is 0.161. The summed E-state index contributed by atoms with van der Waals surface area (Å²) in [6.45, 7) is 2.46. The highest BCUT2D eigenvalue weighted by molar-refractivity contribution is 5.27. The molecule has 0 spiro atoms. The molecule has 0 aliphatic heterocycles. The fourth-order valence-corrected chi connectivity index (χ4v) is 1.79. The summed E-state index contributed by atoms with van der Waals surface area (Å²) in [5.74, 6) is -0.161. The van der Waals surface area contributed by atoms with Crippen LogP contribution in [-0.2, 0) is 13.0 Å². The van der Waals surface area contributed by atoms with E-state index in [1.54, 1.807) is 12.4 Å². The molecule has 0 amide bonds. The standard InChI is InChI=1S/C13H14N2O2/c1-2-11-13(17)12(16)6-8-15(11)9-10-5-3-4-7-14-10/h3-8,17H,2,9H2,1H3. The summed E-state index contributed by atoms with van der Waals surface area (Å²) in [4.78, 5) is 15.5. The summed E-state index contributed by atoms with van der Waals surface area (Å²) >= 11 is 0. The molecule has 2 aromatic rings. The second-order valence-corrected chi connectivity index (χ2v) is 3.78. The van der Waals surface area contributed by atoms with E-state index in [4.69, 9.17) is 0 Å². The van der Waals surface area contributed by atoms with E-state index in [9.17, 15) is 9.90 Å². The number of hydrogen-bond acceptors (Lipinski definition) is 3. The van der Waals surface area contributed by atoms with E-state index in [0.717, 1.165) is 5.69 Å². The monoisotopic (exact) mass is 230 g/mol. The Morgan fingerprint density at radius 1 is 1.35 bits per heavy atom. The molecule has 0 saturated heterocycles. The predicted molar refractivity (Wildman–Crippen MR) is 65.1 cm³/mol. The van der Waals surface area contributed by atoms with Crippen molar-refractivity contribution in [2.45, 2.75) is 19.9 Å². The lowest BCUT2D eigenvalue weighted by atomic mass is 10.2. The molecule has 17 heavy (non-hydrogen) atoms. The molecular weight excluding hydrogens is 216 g/mol. The lowest BCUT2D eigenvalue weighted by Gasteiger charge is -2.12. The van der Waals surface area contributed by atoms with Crippen molar-refractivity contribution in [3.63, 3.8) is 0 Å². The molecule has 4 heteroatoms. The van der Waals surface area contributed by atoms with Gasteiger partial charge >= 0.3 is 0 Å². The SMILES string of the molecule is CCc1c(O)c(=O)ccn1Cc1ccccn1. The number of nitrogens with zero attached hydrogens (tertiary/aromatic N) is 2. The van der Waals surface area contributed by atoms with Gasteiger partial charge in [-0.2, -0.15) is 0 Å². The molecule has 88 valence electrons. The van der Waals surface area contributed by atoms with Crippen molar-refractivity contribution in [3.05, 3.63) is 58.3 Å². The molecule has 2 aromatic heterocycles. The van der Waals surface area contributed by atoms with Gasteiger partial charge in [0.1, 0.15) is 0 Å². The first kappa shape index (κ1) is 11.4. The second-order valence-electron chi connectivity index (χ2n) is 3.78. The number of rotatable bonds is 3. The maximum absolute atomic E-state index is 11.3. The number of aromatic hydroxyl groups is 1. The van der Waals surface area contributed by atoms with Gasteiger partial charge in [-0.25, -0.2) is 0 Å². The van der Waals surface area contributed by atoms with Crippen LogP contribution in [0.3, 0.4) is 0 Å². The molecule has 0 unspecified atom stereocenters. The van der Waals surface area contributed by atoms with Crippen LogP contribution in [0, 0.1) is 0 Å². The van der Waals surface area contributed by atoms with Gasteiger partial charge in [-0.15, -0.1) is 0 Å². The topological polar surface area (TPSA) is 55.1 Å². The molecule has 0 fully saturated rings. The van der Waals surface area contributed by atoms with Crippen molar-refractivity contribution in [2.75, 3.05) is 0 Å². The third kappa shape index (κ3) is 2.36. The van der Waals surface area contributed by atoms with Gasteiger partial charge in [-0.3, -0.25) is 9.78 Å². The van der Waals surface area contributed by atoms with Crippen molar-refractivity contribution >= 4 is 0 Å². The van der Waals surface area contributed by atoms with Gasteiger partial charge in [-0.05, 0) is 18.6 Å². The molecule has 0 aromatic carbocycles. The highest BCUT2D eigenvalue weighted by Crippen LogP contribution is 2.13. The summed E-state index contributed by atoms with van der Waals surface area (Å²) in [7, 11) is 0. The summed E-state index contributed by atoms with van der Waals surface area (Å²) < 4.78 is 1.85. The Labute approximate surface area is 99.2 Å². The van der Waals surface area contributed by atoms with Crippen LogP contribution in [0.25, 0.3) is 0 Å². The van der Waals surface area contributed by atoms with Gasteiger partial charge in [-0.1, -0.05) is 13.0 Å². The lowest BCUT2D eigenvalue weighted by Crippen LogP contribution is -2.13. The number of hydrogen-bond donors (Lipinski definition) is 1. The highest BCUT2D eigenvalue weighted by Gasteiger charge is 2.08. The molecule has 0 saturated carbocycles. The van der Waals surface area contributed by atoms with E-state index in [1.165, 1.54) is 6.07 Å². The minimum atomic E-state index is -0.334. The van der Waals surface area contributed by atoms with Crippen LogP contribution in [0.1, 0.15) is 18.3 Å². The van der Waals surface area contributed by atoms with Crippen molar-refractivity contribution in [2.24, 2.45) is 0 Å². The van der Waals surface area contributed by atoms with Gasteiger partial charge in [0.05, 0.1) is 17.9 Å². The highest BCUT2D eigenvalue weighted by atomic mass is 16.3. The van der Waals surface area contributed by atoms with E-state index in [0.29, 0.717) is 18.7 Å². The minimum Gasteiger partial charge on any atom is -0.503 e. The number of pyridine rings is 2. The third-order valence-corrected chi connectivity index (χ3v) is 2.65. The molecule has 2 rings (SSSR count). The van der Waals surface area contributed by atoms with Gasteiger partial charge in [0.15, 0.2) is 5.75 Å². The molecule has 0 bridgehead atoms. The van der Waals surface area contributed by atoms with Gasteiger partial charge in [0.25, 0.3) is 0 Å². The van der Waals surface area contributed by atoms with Crippen LogP contribution in [0.15, 0.2) is 41.5 Å². The first-order chi connectivity index (χ1) is 8.22. The van der Waals surface area contributed by atoms with Crippen LogP contribution >= 0.6 is 0 Å². The fraction of sp³-hybridized carbons (Fsp3) is 0.231. The van der Waals surface area contributed by atoms with E-state index < -0.39 is 0 Å². The van der Waals surface area contributed by atoms with Gasteiger partial charge < -0.3 is 9.67 Å². The summed E-state index contributed by atoms with van der Waals surface area (Å²) in [5, 5.41) is 9.70. The zero-order chi connectivity index (χ0) is 12.3. The molecule has 0 radical (unpaired) electrons. The van der Waals surface area contributed by atoms with Crippen molar-refractivity contribution in [3.8, 4) is 5.75 Å². The molecular formula is C13H14N2O2. The van der Waals surface area contributed by atoms with Crippen molar-refractivity contribution in [1.29, 1.82) is 0 Å². The zero-order valence-electron chi connectivity index (χ0n) is 9.63. The Morgan fingerprint density at radius 3 is 2.82 bits per heavy atom. The van der Waals surface area contributed by atoms with E-state index in [2.05, 4.69) is 4.98 Å². The van der Waals surface area contributed by atoms with Crippen molar-refractivity contribution < 1.29 is 5.11 Å². The lowest BCUT2D eigenvalue weighted by molar-refractivity contribution is 0.451. The quantitative estimate of drug-likeness (QED) is 0.870. The maximum atomic E-state index is 11.3. The van der Waals surface area contributed by atoms with Gasteiger partial charge in [0, 0.05) is 18.5 Å². The first-order valence-electron chi connectivity index (χ1n) is 5.53. The Bertz CT molecular complexity index is 561. The Kier molecular flexibility index (Phi) is 3.23. The van der Waals surface area contributed by atoms with Crippen LogP contribution in [0.5, 0.6) is 5.75 Å². The average Bonchev–Trinajstić information content (AvgIpc) is 2.36. The molecule has 1 N–H and O–H groups in total. The second kappa shape index (κ2) is 4.82. The maximum Gasteiger partial charge on any atom is 0.223 e. The summed E-state index contributed by atoms with van der Waals surface area (Å²) in [5.41, 5.74) is 1.20. The van der Waals surface area contributed by atoms with Crippen LogP contribution in [-0.4, -0.2) is 14.7 Å². The Morgan fingerprint density at radius 2 is 2.18 bits per heavy atom. The van der Waals surface area contributed by atoms with Crippen molar-refractivity contribution in [1.82, 2.24) is 9.55 Å². The van der Waals surface area contributed by atoms with Crippen LogP contribution < -0.4 is 5.43 Å². The molecule has 4 nitrogen and oxygen atoms in total.